The number of hydrogen-bond acceptors (Lipinski definition) is 3. The maximum Gasteiger partial charge on any atom is 0.191 e. The van der Waals surface area contributed by atoms with E-state index in [-0.39, 0.29) is 5.82 Å². The number of methoxy groups -OCH3 is 1. The molecule has 26 heavy (non-hydrogen) atoms. The third-order valence-electron chi connectivity index (χ3n) is 3.67. The normalized spacial score (nSPS) is 11.2. The Kier molecular flexibility index (Phi) is 7.74. The highest BCUT2D eigenvalue weighted by molar-refractivity contribution is 5.79. The van der Waals surface area contributed by atoms with E-state index in [9.17, 15) is 4.39 Å². The summed E-state index contributed by atoms with van der Waals surface area (Å²) in [4.78, 5) is 4.60. The number of guanidine groups is 1. The highest BCUT2D eigenvalue weighted by atomic mass is 19.1. The number of benzene rings is 2. The van der Waals surface area contributed by atoms with Gasteiger partial charge in [-0.1, -0.05) is 18.2 Å². The molecule has 140 valence electrons. The van der Waals surface area contributed by atoms with Crippen LogP contribution in [0.5, 0.6) is 11.5 Å². The van der Waals surface area contributed by atoms with Gasteiger partial charge in [-0.3, -0.25) is 0 Å². The number of aliphatic imine (C=N–C) groups is 1. The largest absolute Gasteiger partial charge is 0.493 e. The van der Waals surface area contributed by atoms with Crippen molar-refractivity contribution >= 4 is 5.96 Å². The molecule has 2 rings (SSSR count). The first-order chi connectivity index (χ1) is 12.7. The molecule has 2 N–H and O–H groups in total. The molecule has 0 radical (unpaired) electrons. The van der Waals surface area contributed by atoms with Gasteiger partial charge in [-0.05, 0) is 49.2 Å². The average Bonchev–Trinajstić information content (AvgIpc) is 2.66. The van der Waals surface area contributed by atoms with Crippen molar-refractivity contribution in [1.29, 1.82) is 0 Å². The molecule has 0 atom stereocenters. The van der Waals surface area contributed by atoms with E-state index >= 15 is 0 Å². The first-order valence-corrected chi connectivity index (χ1v) is 8.72. The van der Waals surface area contributed by atoms with Crippen molar-refractivity contribution in [3.8, 4) is 11.5 Å². The Hall–Kier alpha value is -2.76. The first-order valence-electron chi connectivity index (χ1n) is 8.72. The number of rotatable bonds is 8. The highest BCUT2D eigenvalue weighted by Crippen LogP contribution is 2.28. The van der Waals surface area contributed by atoms with E-state index < -0.39 is 0 Å². The number of hydrogen-bond donors (Lipinski definition) is 2. The van der Waals surface area contributed by atoms with Crippen molar-refractivity contribution in [2.45, 2.75) is 26.9 Å². The summed E-state index contributed by atoms with van der Waals surface area (Å²) < 4.78 is 23.9. The van der Waals surface area contributed by atoms with Crippen LogP contribution < -0.4 is 20.1 Å². The number of nitrogens with zero attached hydrogens (tertiary/aromatic N) is 1. The van der Waals surface area contributed by atoms with Gasteiger partial charge >= 0.3 is 0 Å². The van der Waals surface area contributed by atoms with E-state index in [0.717, 1.165) is 17.7 Å². The van der Waals surface area contributed by atoms with Crippen LogP contribution in [0.3, 0.4) is 0 Å². The van der Waals surface area contributed by atoms with Crippen LogP contribution in [0, 0.1) is 5.82 Å². The summed E-state index contributed by atoms with van der Waals surface area (Å²) in [7, 11) is 1.62. The first kappa shape index (κ1) is 19.6. The van der Waals surface area contributed by atoms with Crippen LogP contribution in [0.1, 0.15) is 25.0 Å². The third-order valence-corrected chi connectivity index (χ3v) is 3.67. The Bertz CT molecular complexity index is 717. The van der Waals surface area contributed by atoms with Gasteiger partial charge in [-0.2, -0.15) is 0 Å². The predicted octanol–water partition coefficient (Wildman–Crippen LogP) is 3.49. The van der Waals surface area contributed by atoms with Gasteiger partial charge in [0.25, 0.3) is 0 Å². The number of halogens is 1. The monoisotopic (exact) mass is 359 g/mol. The molecule has 0 aromatic heterocycles. The number of ether oxygens (including phenoxy) is 2. The molecule has 2 aromatic carbocycles. The van der Waals surface area contributed by atoms with Gasteiger partial charge in [0.2, 0.25) is 0 Å². The fraction of sp³-hybridized carbons (Fsp3) is 0.350. The average molecular weight is 359 g/mol. The van der Waals surface area contributed by atoms with Crippen molar-refractivity contribution in [1.82, 2.24) is 10.6 Å². The lowest BCUT2D eigenvalue weighted by Crippen LogP contribution is -2.36. The maximum atomic E-state index is 13.0. The summed E-state index contributed by atoms with van der Waals surface area (Å²) in [6.45, 7) is 6.34. The molecular weight excluding hydrogens is 333 g/mol. The molecule has 5 nitrogen and oxygen atoms in total. The molecule has 0 aliphatic rings. The molecule has 0 bridgehead atoms. The lowest BCUT2D eigenvalue weighted by atomic mass is 10.2. The zero-order chi connectivity index (χ0) is 18.8. The second kappa shape index (κ2) is 10.3. The molecule has 0 unspecified atom stereocenters. The lowest BCUT2D eigenvalue weighted by molar-refractivity contribution is 0.310. The highest BCUT2D eigenvalue weighted by Gasteiger charge is 2.06. The third kappa shape index (κ3) is 5.95. The molecule has 0 amide bonds. The van der Waals surface area contributed by atoms with E-state index in [0.29, 0.717) is 37.2 Å². The Morgan fingerprint density at radius 2 is 1.73 bits per heavy atom. The lowest BCUT2D eigenvalue weighted by Gasteiger charge is -2.13. The summed E-state index contributed by atoms with van der Waals surface area (Å²) in [5, 5.41) is 6.46. The van der Waals surface area contributed by atoms with E-state index in [1.54, 1.807) is 19.2 Å². The maximum absolute atomic E-state index is 13.0. The molecule has 0 saturated heterocycles. The summed E-state index contributed by atoms with van der Waals surface area (Å²) in [5.41, 5.74) is 2.01. The van der Waals surface area contributed by atoms with Crippen molar-refractivity contribution in [3.05, 3.63) is 59.4 Å². The molecule has 0 fully saturated rings. The van der Waals surface area contributed by atoms with E-state index in [2.05, 4.69) is 15.6 Å². The summed E-state index contributed by atoms with van der Waals surface area (Å²) in [5.74, 6) is 1.89. The second-order valence-electron chi connectivity index (χ2n) is 5.59. The molecule has 0 aliphatic heterocycles. The fourth-order valence-electron chi connectivity index (χ4n) is 2.39. The molecule has 2 aromatic rings. The van der Waals surface area contributed by atoms with Crippen LogP contribution in [0.2, 0.25) is 0 Å². The molecule has 0 saturated carbocycles. The van der Waals surface area contributed by atoms with Crippen molar-refractivity contribution in [2.24, 2.45) is 4.99 Å². The van der Waals surface area contributed by atoms with Crippen molar-refractivity contribution in [3.63, 3.8) is 0 Å². The fourth-order valence-corrected chi connectivity index (χ4v) is 2.39. The minimum Gasteiger partial charge on any atom is -0.493 e. The Morgan fingerprint density at radius 1 is 1.00 bits per heavy atom. The van der Waals surface area contributed by atoms with Gasteiger partial charge in [-0.15, -0.1) is 0 Å². The van der Waals surface area contributed by atoms with Crippen LogP contribution in [0.4, 0.5) is 4.39 Å². The Labute approximate surface area is 154 Å². The van der Waals surface area contributed by atoms with Crippen LogP contribution >= 0.6 is 0 Å². The minimum atomic E-state index is -0.237. The standard InChI is InChI=1S/C20H26FN3O2/c1-4-22-20(23-13-15-6-9-17(21)10-7-15)24-14-16-8-11-18(25-3)19(12-16)26-5-2/h6-12H,4-5,13-14H2,1-3H3,(H2,22,23,24). The van der Waals surface area contributed by atoms with E-state index in [1.807, 2.05) is 32.0 Å². The molecule has 6 heteroatoms. The van der Waals surface area contributed by atoms with Crippen molar-refractivity contribution in [2.75, 3.05) is 20.3 Å². The van der Waals surface area contributed by atoms with Gasteiger partial charge in [0.05, 0.1) is 20.3 Å². The van der Waals surface area contributed by atoms with Gasteiger partial charge < -0.3 is 20.1 Å². The topological polar surface area (TPSA) is 54.9 Å². The second-order valence-corrected chi connectivity index (χ2v) is 5.59. The van der Waals surface area contributed by atoms with E-state index in [1.165, 1.54) is 12.1 Å². The van der Waals surface area contributed by atoms with Crippen molar-refractivity contribution < 1.29 is 13.9 Å². The Balaban J connectivity index is 2.03. The van der Waals surface area contributed by atoms with E-state index in [4.69, 9.17) is 9.47 Å². The quantitative estimate of drug-likeness (QED) is 0.560. The van der Waals surface area contributed by atoms with Gasteiger partial charge in [0.15, 0.2) is 17.5 Å². The van der Waals surface area contributed by atoms with Gasteiger partial charge in [0, 0.05) is 13.1 Å². The molecular formula is C20H26FN3O2. The van der Waals surface area contributed by atoms with Crippen LogP contribution in [0.15, 0.2) is 47.5 Å². The minimum absolute atomic E-state index is 0.237. The summed E-state index contributed by atoms with van der Waals surface area (Å²) >= 11 is 0. The summed E-state index contributed by atoms with van der Waals surface area (Å²) in [6, 6.07) is 12.2. The van der Waals surface area contributed by atoms with Crippen LogP contribution in [-0.4, -0.2) is 26.2 Å². The Morgan fingerprint density at radius 3 is 2.38 bits per heavy atom. The summed E-state index contributed by atoms with van der Waals surface area (Å²) in [6.07, 6.45) is 0. The van der Waals surface area contributed by atoms with Gasteiger partial charge in [-0.25, -0.2) is 9.38 Å². The predicted molar refractivity (Wildman–Crippen MR) is 102 cm³/mol. The zero-order valence-electron chi connectivity index (χ0n) is 15.5. The van der Waals surface area contributed by atoms with Gasteiger partial charge in [0.1, 0.15) is 5.82 Å². The van der Waals surface area contributed by atoms with Crippen LogP contribution in [0.25, 0.3) is 0 Å². The molecule has 0 spiro atoms. The molecule has 0 heterocycles. The molecule has 0 aliphatic carbocycles. The number of nitrogens with one attached hydrogen (secondary N) is 2. The SMILES string of the molecule is CCNC(=NCc1ccc(OC)c(OCC)c1)NCc1ccc(F)cc1. The van der Waals surface area contributed by atoms with Crippen LogP contribution in [-0.2, 0) is 13.1 Å². The smallest absolute Gasteiger partial charge is 0.191 e. The zero-order valence-corrected chi connectivity index (χ0v) is 15.5.